The fourth-order valence-electron chi connectivity index (χ4n) is 2.53. The molecule has 21 heavy (non-hydrogen) atoms. The molecule has 0 radical (unpaired) electrons. The molecule has 1 saturated carbocycles. The van der Waals surface area contributed by atoms with Crippen molar-refractivity contribution >= 4 is 34.0 Å². The van der Waals surface area contributed by atoms with Gasteiger partial charge in [0, 0.05) is 11.7 Å². The van der Waals surface area contributed by atoms with Gasteiger partial charge in [0.2, 0.25) is 5.91 Å². The Hall–Kier alpha value is -1.07. The molecule has 0 aromatic heterocycles. The lowest BCUT2D eigenvalue weighted by molar-refractivity contribution is -0.121. The van der Waals surface area contributed by atoms with Crippen LogP contribution in [0.4, 0.5) is 5.69 Å². The lowest BCUT2D eigenvalue weighted by Crippen LogP contribution is -2.42. The number of rotatable bonds is 4. The van der Waals surface area contributed by atoms with Crippen LogP contribution in [0.1, 0.15) is 39.0 Å². The molecule has 2 unspecified atom stereocenters. The summed E-state index contributed by atoms with van der Waals surface area (Å²) in [5.74, 6) is -0.173. The normalized spacial score (nSPS) is 19.0. The number of hydrogen-bond donors (Lipinski definition) is 2. The summed E-state index contributed by atoms with van der Waals surface area (Å²) in [4.78, 5) is 12.7. The van der Waals surface area contributed by atoms with Crippen LogP contribution in [0.2, 0.25) is 5.02 Å². The van der Waals surface area contributed by atoms with Gasteiger partial charge in [-0.15, -0.1) is 0 Å². The standard InChI is InChI=1S/C15H21ClN2O2S/c1-10(15(19)18-12-5-3-2-4-6-12)21(20)14-8-7-11(17)9-13(14)16/h7-10,12H,2-6,17H2,1H3,(H,18,19). The maximum Gasteiger partial charge on any atom is 0.236 e. The van der Waals surface area contributed by atoms with Gasteiger partial charge in [-0.2, -0.15) is 0 Å². The van der Waals surface area contributed by atoms with E-state index < -0.39 is 16.0 Å². The van der Waals surface area contributed by atoms with Crippen LogP contribution in [0.25, 0.3) is 0 Å². The number of nitrogens with one attached hydrogen (secondary N) is 1. The summed E-state index contributed by atoms with van der Waals surface area (Å²) in [5.41, 5.74) is 6.14. The number of halogens is 1. The van der Waals surface area contributed by atoms with E-state index >= 15 is 0 Å². The van der Waals surface area contributed by atoms with Gasteiger partial charge in [-0.1, -0.05) is 30.9 Å². The van der Waals surface area contributed by atoms with E-state index in [1.54, 1.807) is 25.1 Å². The summed E-state index contributed by atoms with van der Waals surface area (Å²) < 4.78 is 12.5. The first-order valence-corrected chi connectivity index (χ1v) is 8.84. The summed E-state index contributed by atoms with van der Waals surface area (Å²) in [5, 5.41) is 2.71. The summed E-state index contributed by atoms with van der Waals surface area (Å²) in [7, 11) is -1.48. The molecule has 1 amide bonds. The van der Waals surface area contributed by atoms with Gasteiger partial charge in [-0.3, -0.25) is 9.00 Å². The Bertz CT molecular complexity index is 544. The molecule has 0 bridgehead atoms. The number of anilines is 1. The van der Waals surface area contributed by atoms with Crippen LogP contribution in [0.15, 0.2) is 23.1 Å². The Morgan fingerprint density at radius 1 is 1.38 bits per heavy atom. The van der Waals surface area contributed by atoms with E-state index in [1.165, 1.54) is 6.42 Å². The predicted octanol–water partition coefficient (Wildman–Crippen LogP) is 2.87. The molecule has 1 aromatic rings. The molecule has 4 nitrogen and oxygen atoms in total. The van der Waals surface area contributed by atoms with Gasteiger partial charge in [0.15, 0.2) is 0 Å². The van der Waals surface area contributed by atoms with Crippen molar-refractivity contribution in [1.82, 2.24) is 5.32 Å². The number of nitrogens with two attached hydrogens (primary N) is 1. The van der Waals surface area contributed by atoms with E-state index in [-0.39, 0.29) is 11.9 Å². The van der Waals surface area contributed by atoms with E-state index in [4.69, 9.17) is 17.3 Å². The molecule has 1 aromatic carbocycles. The maximum atomic E-state index is 12.5. The van der Waals surface area contributed by atoms with Crippen LogP contribution in [0.3, 0.4) is 0 Å². The van der Waals surface area contributed by atoms with Gasteiger partial charge in [-0.05, 0) is 38.0 Å². The average Bonchev–Trinajstić information content (AvgIpc) is 2.47. The number of amides is 1. The molecule has 3 N–H and O–H groups in total. The van der Waals surface area contributed by atoms with Gasteiger partial charge in [0.1, 0.15) is 5.25 Å². The molecule has 0 spiro atoms. The molecule has 1 aliphatic carbocycles. The average molecular weight is 329 g/mol. The number of hydrogen-bond acceptors (Lipinski definition) is 3. The van der Waals surface area contributed by atoms with Crippen molar-refractivity contribution < 1.29 is 9.00 Å². The van der Waals surface area contributed by atoms with Gasteiger partial charge >= 0.3 is 0 Å². The third-order valence-corrected chi connectivity index (χ3v) is 5.89. The van der Waals surface area contributed by atoms with Crippen molar-refractivity contribution in [3.63, 3.8) is 0 Å². The van der Waals surface area contributed by atoms with Crippen molar-refractivity contribution in [1.29, 1.82) is 0 Å². The minimum atomic E-state index is -1.48. The topological polar surface area (TPSA) is 72.2 Å². The Kier molecular flexibility index (Phi) is 5.65. The van der Waals surface area contributed by atoms with Crippen LogP contribution in [0, 0.1) is 0 Å². The van der Waals surface area contributed by atoms with E-state index in [9.17, 15) is 9.00 Å². The smallest absolute Gasteiger partial charge is 0.236 e. The van der Waals surface area contributed by atoms with Crippen LogP contribution in [-0.4, -0.2) is 21.4 Å². The second kappa shape index (κ2) is 7.27. The molecule has 2 atom stereocenters. The van der Waals surface area contributed by atoms with Crippen molar-refractivity contribution in [2.45, 2.75) is 55.2 Å². The van der Waals surface area contributed by atoms with Crippen molar-refractivity contribution in [3.05, 3.63) is 23.2 Å². The largest absolute Gasteiger partial charge is 0.399 e. The van der Waals surface area contributed by atoms with E-state index in [2.05, 4.69) is 5.32 Å². The number of benzene rings is 1. The minimum absolute atomic E-state index is 0.173. The highest BCUT2D eigenvalue weighted by atomic mass is 35.5. The SMILES string of the molecule is CC(C(=O)NC1CCCCC1)S(=O)c1ccc(N)cc1Cl. The summed E-state index contributed by atoms with van der Waals surface area (Å²) in [6.07, 6.45) is 5.54. The molecule has 2 rings (SSSR count). The molecule has 116 valence electrons. The molecule has 6 heteroatoms. The zero-order valence-electron chi connectivity index (χ0n) is 12.1. The van der Waals surface area contributed by atoms with E-state index in [1.807, 2.05) is 0 Å². The first-order valence-electron chi connectivity index (χ1n) is 7.25. The number of nitrogen functional groups attached to an aromatic ring is 1. The quantitative estimate of drug-likeness (QED) is 0.835. The van der Waals surface area contributed by atoms with Crippen molar-refractivity contribution in [3.8, 4) is 0 Å². The highest BCUT2D eigenvalue weighted by Crippen LogP contribution is 2.25. The monoisotopic (exact) mass is 328 g/mol. The van der Waals surface area contributed by atoms with Gasteiger partial charge in [0.25, 0.3) is 0 Å². The number of carbonyl (C=O) groups excluding carboxylic acids is 1. The molecule has 0 aliphatic heterocycles. The predicted molar refractivity (Wildman–Crippen MR) is 86.8 cm³/mol. The van der Waals surface area contributed by atoms with E-state index in [0.717, 1.165) is 25.7 Å². The Morgan fingerprint density at radius 2 is 2.05 bits per heavy atom. The molecule has 1 aliphatic rings. The fourth-order valence-corrected chi connectivity index (χ4v) is 4.05. The highest BCUT2D eigenvalue weighted by molar-refractivity contribution is 7.86. The first-order chi connectivity index (χ1) is 9.99. The lowest BCUT2D eigenvalue weighted by atomic mass is 9.95. The summed E-state index contributed by atoms with van der Waals surface area (Å²) in [6, 6.07) is 5.04. The van der Waals surface area contributed by atoms with Gasteiger partial charge in [-0.25, -0.2) is 0 Å². The second-order valence-corrected chi connectivity index (χ2v) is 7.62. The Balaban J connectivity index is 2.02. The third kappa shape index (κ3) is 4.20. The van der Waals surface area contributed by atoms with Crippen molar-refractivity contribution in [2.24, 2.45) is 0 Å². The first kappa shape index (κ1) is 16.3. The maximum absolute atomic E-state index is 12.5. The minimum Gasteiger partial charge on any atom is -0.399 e. The van der Waals surface area contributed by atoms with Crippen molar-refractivity contribution in [2.75, 3.05) is 5.73 Å². The second-order valence-electron chi connectivity index (χ2n) is 5.47. The molecule has 1 fully saturated rings. The fraction of sp³-hybridized carbons (Fsp3) is 0.533. The molecule has 0 saturated heterocycles. The molecular formula is C15H21ClN2O2S. The van der Waals surface area contributed by atoms with Crippen LogP contribution in [0.5, 0.6) is 0 Å². The lowest BCUT2D eigenvalue weighted by Gasteiger charge is -2.24. The molecular weight excluding hydrogens is 308 g/mol. The number of carbonyl (C=O) groups is 1. The zero-order chi connectivity index (χ0) is 15.4. The van der Waals surface area contributed by atoms with Gasteiger partial charge in [0.05, 0.1) is 20.7 Å². The van der Waals surface area contributed by atoms with Crippen LogP contribution < -0.4 is 11.1 Å². The Labute approximate surface area is 132 Å². The Morgan fingerprint density at radius 3 is 2.67 bits per heavy atom. The van der Waals surface area contributed by atoms with E-state index in [0.29, 0.717) is 15.6 Å². The highest BCUT2D eigenvalue weighted by Gasteiger charge is 2.25. The zero-order valence-corrected chi connectivity index (χ0v) is 13.7. The summed E-state index contributed by atoms with van der Waals surface area (Å²) in [6.45, 7) is 1.67. The summed E-state index contributed by atoms with van der Waals surface area (Å²) >= 11 is 6.06. The third-order valence-electron chi connectivity index (χ3n) is 3.81. The van der Waals surface area contributed by atoms with Crippen LogP contribution in [-0.2, 0) is 15.6 Å². The van der Waals surface area contributed by atoms with Gasteiger partial charge < -0.3 is 11.1 Å². The van der Waals surface area contributed by atoms with Crippen LogP contribution >= 0.6 is 11.6 Å². The molecule has 0 heterocycles.